The summed E-state index contributed by atoms with van der Waals surface area (Å²) in [5.74, 6) is -0.142. The Bertz CT molecular complexity index is 1290. The number of nitrogens with zero attached hydrogens (tertiary/aromatic N) is 2. The van der Waals surface area contributed by atoms with Crippen molar-refractivity contribution in [1.29, 1.82) is 0 Å². The van der Waals surface area contributed by atoms with Crippen LogP contribution in [0.3, 0.4) is 0 Å². The van der Waals surface area contributed by atoms with Crippen molar-refractivity contribution in [2.24, 2.45) is 5.10 Å². The highest BCUT2D eigenvalue weighted by Crippen LogP contribution is 2.33. The Labute approximate surface area is 196 Å². The first-order valence-corrected chi connectivity index (χ1v) is 12.0. The van der Waals surface area contributed by atoms with E-state index in [1.807, 2.05) is 30.3 Å². The van der Waals surface area contributed by atoms with Crippen LogP contribution in [0.15, 0.2) is 82.8 Å². The summed E-state index contributed by atoms with van der Waals surface area (Å²) < 4.78 is 27.9. The van der Waals surface area contributed by atoms with Crippen molar-refractivity contribution in [3.8, 4) is 0 Å². The molecule has 0 radical (unpaired) electrons. The lowest BCUT2D eigenvalue weighted by Crippen LogP contribution is -2.24. The van der Waals surface area contributed by atoms with Crippen molar-refractivity contribution in [2.75, 3.05) is 4.72 Å². The number of anilines is 1. The largest absolute Gasteiger partial charge is 0.280 e. The van der Waals surface area contributed by atoms with Gasteiger partial charge in [-0.1, -0.05) is 65.7 Å². The van der Waals surface area contributed by atoms with Crippen molar-refractivity contribution >= 4 is 50.5 Å². The van der Waals surface area contributed by atoms with E-state index < -0.39 is 10.0 Å². The minimum absolute atomic E-state index is 0.0788. The molecule has 9 heteroatoms. The minimum Gasteiger partial charge on any atom is -0.280 e. The lowest BCUT2D eigenvalue weighted by molar-refractivity contribution is -0.130. The van der Waals surface area contributed by atoms with Gasteiger partial charge in [-0.2, -0.15) is 5.10 Å². The van der Waals surface area contributed by atoms with Crippen LogP contribution in [0.4, 0.5) is 5.69 Å². The van der Waals surface area contributed by atoms with Crippen LogP contribution in [-0.4, -0.2) is 25.0 Å². The molecule has 1 unspecified atom stereocenters. The van der Waals surface area contributed by atoms with Gasteiger partial charge in [0.1, 0.15) is 4.90 Å². The maximum Gasteiger partial charge on any atom is 0.263 e. The highest BCUT2D eigenvalue weighted by atomic mass is 35.5. The molecular weight excluding hydrogens is 469 g/mol. The number of hydrazone groups is 1. The molecule has 1 atom stereocenters. The van der Waals surface area contributed by atoms with Crippen LogP contribution in [0.2, 0.25) is 10.0 Å². The van der Waals surface area contributed by atoms with Gasteiger partial charge in [-0.3, -0.25) is 9.52 Å². The zero-order valence-electron chi connectivity index (χ0n) is 17.0. The van der Waals surface area contributed by atoms with Crippen LogP contribution >= 0.6 is 23.2 Å². The molecule has 1 amide bonds. The predicted octanol–water partition coefficient (Wildman–Crippen LogP) is 5.49. The number of hydrogen-bond donors (Lipinski definition) is 1. The smallest absolute Gasteiger partial charge is 0.263 e. The zero-order chi connectivity index (χ0) is 22.9. The first-order chi connectivity index (χ1) is 15.2. The van der Waals surface area contributed by atoms with Crippen molar-refractivity contribution in [2.45, 2.75) is 24.3 Å². The summed E-state index contributed by atoms with van der Waals surface area (Å²) in [5, 5.41) is 6.36. The number of halogens is 2. The molecule has 32 heavy (non-hydrogen) atoms. The SMILES string of the molecule is CC(=O)N1N=C(c2ccc(NS(=O)(=O)c3cc(Cl)ccc3Cl)cc2)CC1c1ccccc1. The Balaban J connectivity index is 1.55. The van der Waals surface area contributed by atoms with Gasteiger partial charge in [-0.05, 0) is 41.5 Å². The summed E-state index contributed by atoms with van der Waals surface area (Å²) in [6, 6.07) is 20.6. The van der Waals surface area contributed by atoms with Crippen molar-refractivity contribution in [3.05, 3.63) is 94.0 Å². The lowest BCUT2D eigenvalue weighted by Gasteiger charge is -2.20. The van der Waals surface area contributed by atoms with Crippen LogP contribution in [-0.2, 0) is 14.8 Å². The van der Waals surface area contributed by atoms with Crippen molar-refractivity contribution in [3.63, 3.8) is 0 Å². The van der Waals surface area contributed by atoms with Gasteiger partial charge in [-0.25, -0.2) is 13.4 Å². The van der Waals surface area contributed by atoms with E-state index in [1.165, 1.54) is 30.1 Å². The van der Waals surface area contributed by atoms with Gasteiger partial charge >= 0.3 is 0 Å². The average molecular weight is 488 g/mol. The molecule has 1 aliphatic rings. The molecule has 0 spiro atoms. The maximum absolute atomic E-state index is 12.7. The Morgan fingerprint density at radius 2 is 1.72 bits per heavy atom. The van der Waals surface area contributed by atoms with E-state index in [-0.39, 0.29) is 26.9 Å². The van der Waals surface area contributed by atoms with Crippen LogP contribution in [0.5, 0.6) is 0 Å². The standard InChI is InChI=1S/C23H19Cl2N3O3S/c1-15(29)28-22(17-5-3-2-4-6-17)14-21(26-28)16-7-10-19(11-8-16)27-32(30,31)23-13-18(24)9-12-20(23)25/h2-13,22,27H,14H2,1H3. The third-order valence-electron chi connectivity index (χ3n) is 5.07. The van der Waals surface area contributed by atoms with Crippen molar-refractivity contribution < 1.29 is 13.2 Å². The molecule has 4 rings (SSSR count). The average Bonchev–Trinajstić information content (AvgIpc) is 3.22. The predicted molar refractivity (Wildman–Crippen MR) is 127 cm³/mol. The van der Waals surface area contributed by atoms with E-state index in [1.54, 1.807) is 24.3 Å². The number of carbonyl (C=O) groups excluding carboxylic acids is 1. The van der Waals surface area contributed by atoms with Crippen molar-refractivity contribution in [1.82, 2.24) is 5.01 Å². The summed E-state index contributed by atoms with van der Waals surface area (Å²) in [7, 11) is -3.91. The van der Waals surface area contributed by atoms with Gasteiger partial charge in [0.25, 0.3) is 10.0 Å². The third kappa shape index (κ3) is 4.65. The molecule has 0 saturated carbocycles. The molecule has 0 aromatic heterocycles. The number of nitrogens with one attached hydrogen (secondary N) is 1. The summed E-state index contributed by atoms with van der Waals surface area (Å²) in [6.07, 6.45) is 0.562. The van der Waals surface area contributed by atoms with Crippen LogP contribution in [0.25, 0.3) is 0 Å². The molecule has 6 nitrogen and oxygen atoms in total. The number of amides is 1. The highest BCUT2D eigenvalue weighted by molar-refractivity contribution is 7.92. The molecule has 164 valence electrons. The van der Waals surface area contributed by atoms with Gasteiger partial charge in [0.15, 0.2) is 0 Å². The number of sulfonamides is 1. The fourth-order valence-corrected chi connectivity index (χ4v) is 5.36. The summed E-state index contributed by atoms with van der Waals surface area (Å²) in [6.45, 7) is 1.49. The molecule has 1 aliphatic heterocycles. The highest BCUT2D eigenvalue weighted by Gasteiger charge is 2.31. The number of benzene rings is 3. The minimum atomic E-state index is -3.91. The monoisotopic (exact) mass is 487 g/mol. The van der Waals surface area contributed by atoms with Crippen LogP contribution in [0, 0.1) is 0 Å². The number of rotatable bonds is 5. The van der Waals surface area contributed by atoms with Gasteiger partial charge in [-0.15, -0.1) is 0 Å². The first kappa shape index (κ1) is 22.3. The number of hydrogen-bond acceptors (Lipinski definition) is 4. The topological polar surface area (TPSA) is 78.8 Å². The van der Waals surface area contributed by atoms with Gasteiger partial charge in [0.05, 0.1) is 16.8 Å². The van der Waals surface area contributed by atoms with E-state index in [2.05, 4.69) is 9.82 Å². The second-order valence-electron chi connectivity index (χ2n) is 7.30. The molecule has 0 fully saturated rings. The molecule has 1 N–H and O–H groups in total. The maximum atomic E-state index is 12.7. The summed E-state index contributed by atoms with van der Waals surface area (Å²) in [5.41, 5.74) is 2.93. The fraction of sp³-hybridized carbons (Fsp3) is 0.130. The third-order valence-corrected chi connectivity index (χ3v) is 7.17. The van der Waals surface area contributed by atoms with E-state index >= 15 is 0 Å². The van der Waals surface area contributed by atoms with E-state index in [9.17, 15) is 13.2 Å². The van der Waals surface area contributed by atoms with Gasteiger partial charge in [0.2, 0.25) is 5.91 Å². The summed E-state index contributed by atoms with van der Waals surface area (Å²) in [4.78, 5) is 12.0. The molecule has 0 bridgehead atoms. The summed E-state index contributed by atoms with van der Waals surface area (Å²) >= 11 is 12.0. The molecular formula is C23H19Cl2N3O3S. The van der Waals surface area contributed by atoms with Gasteiger partial charge in [0, 0.05) is 24.1 Å². The quantitative estimate of drug-likeness (QED) is 0.516. The lowest BCUT2D eigenvalue weighted by atomic mass is 9.98. The second kappa shape index (κ2) is 8.94. The van der Waals surface area contributed by atoms with Crippen LogP contribution in [0.1, 0.15) is 30.5 Å². The zero-order valence-corrected chi connectivity index (χ0v) is 19.3. The molecule has 3 aromatic rings. The van der Waals surface area contributed by atoms with E-state index in [0.29, 0.717) is 12.1 Å². The Kier molecular flexibility index (Phi) is 6.24. The Morgan fingerprint density at radius 1 is 1.03 bits per heavy atom. The fourth-order valence-electron chi connectivity index (χ4n) is 3.53. The normalized spacial score (nSPS) is 16.0. The molecule has 0 aliphatic carbocycles. The first-order valence-electron chi connectivity index (χ1n) is 9.75. The molecule has 3 aromatic carbocycles. The molecule has 0 saturated heterocycles. The van der Waals surface area contributed by atoms with E-state index in [0.717, 1.165) is 16.8 Å². The van der Waals surface area contributed by atoms with E-state index in [4.69, 9.17) is 23.2 Å². The second-order valence-corrected chi connectivity index (χ2v) is 9.79. The Morgan fingerprint density at radius 3 is 2.38 bits per heavy atom. The van der Waals surface area contributed by atoms with Crippen LogP contribution < -0.4 is 4.72 Å². The Hall–Kier alpha value is -2.87. The number of carbonyl (C=O) groups is 1. The molecule has 1 heterocycles. The van der Waals surface area contributed by atoms with Gasteiger partial charge < -0.3 is 0 Å².